The van der Waals surface area contributed by atoms with E-state index in [2.05, 4.69) is 15.3 Å². The molecular weight excluding hydrogens is 474 g/mol. The quantitative estimate of drug-likeness (QED) is 0.465. The number of amides is 1. The zero-order valence-corrected chi connectivity index (χ0v) is 21.1. The predicted molar refractivity (Wildman–Crippen MR) is 137 cm³/mol. The van der Waals surface area contributed by atoms with Crippen LogP contribution in [0.2, 0.25) is 0 Å². The van der Waals surface area contributed by atoms with Crippen LogP contribution in [0, 0.1) is 0 Å². The summed E-state index contributed by atoms with van der Waals surface area (Å²) in [6, 6.07) is 7.38. The second-order valence-corrected chi connectivity index (χ2v) is 10.4. The van der Waals surface area contributed by atoms with E-state index < -0.39 is 11.6 Å². The Bertz CT molecular complexity index is 1360. The van der Waals surface area contributed by atoms with E-state index in [4.69, 9.17) is 14.7 Å². The molecule has 1 saturated carbocycles. The molecule has 0 unspecified atom stereocenters. The Morgan fingerprint density at radius 2 is 2.08 bits per heavy atom. The molecule has 0 atom stereocenters. The Morgan fingerprint density at radius 3 is 2.78 bits per heavy atom. The number of hydrogen-bond donors (Lipinski definition) is 2. The largest absolute Gasteiger partial charge is 0.462 e. The Morgan fingerprint density at radius 1 is 1.27 bits per heavy atom. The molecule has 3 aliphatic rings. The first-order valence-electron chi connectivity index (χ1n) is 12.9. The molecule has 2 N–H and O–H groups in total. The maximum absolute atomic E-state index is 12.3. The van der Waals surface area contributed by atoms with Gasteiger partial charge >= 0.3 is 5.97 Å². The fraction of sp³-hybridized carbons (Fsp3) is 0.500. The van der Waals surface area contributed by atoms with Crippen LogP contribution in [-0.2, 0) is 9.53 Å². The van der Waals surface area contributed by atoms with Gasteiger partial charge in [0.25, 0.3) is 0 Å². The summed E-state index contributed by atoms with van der Waals surface area (Å²) >= 11 is 0. The van der Waals surface area contributed by atoms with E-state index in [1.54, 1.807) is 36.0 Å². The molecule has 6 rings (SSSR count). The molecule has 3 fully saturated rings. The molecule has 1 amide bonds. The lowest BCUT2D eigenvalue weighted by molar-refractivity contribution is -0.130. The van der Waals surface area contributed by atoms with Crippen LogP contribution in [-0.4, -0.2) is 85.6 Å². The maximum atomic E-state index is 12.3. The molecule has 1 aromatic carbocycles. The Labute approximate surface area is 214 Å². The van der Waals surface area contributed by atoms with Gasteiger partial charge in [0.05, 0.1) is 41.1 Å². The van der Waals surface area contributed by atoms with Crippen LogP contribution < -0.4 is 10.2 Å². The van der Waals surface area contributed by atoms with E-state index in [0.29, 0.717) is 61.8 Å². The second kappa shape index (κ2) is 8.98. The highest BCUT2D eigenvalue weighted by Gasteiger charge is 2.40. The molecule has 4 heterocycles. The summed E-state index contributed by atoms with van der Waals surface area (Å²) in [6.07, 6.45) is 4.53. The number of carbonyl (C=O) groups excluding carboxylic acids is 2. The minimum absolute atomic E-state index is 0.0789. The third-order valence-electron chi connectivity index (χ3n) is 7.43. The van der Waals surface area contributed by atoms with E-state index in [0.717, 1.165) is 24.2 Å². The van der Waals surface area contributed by atoms with Gasteiger partial charge in [-0.2, -0.15) is 15.1 Å². The molecule has 2 aromatic heterocycles. The van der Waals surface area contributed by atoms with E-state index >= 15 is 0 Å². The first-order valence-corrected chi connectivity index (χ1v) is 12.9. The lowest BCUT2D eigenvalue weighted by Crippen LogP contribution is -2.60. The number of fused-ring (bicyclic) bond motifs is 1. The summed E-state index contributed by atoms with van der Waals surface area (Å²) in [7, 11) is 0. The number of benzene rings is 1. The van der Waals surface area contributed by atoms with Crippen molar-refractivity contribution in [3.05, 3.63) is 36.0 Å². The fourth-order valence-electron chi connectivity index (χ4n) is 5.53. The number of carbonyl (C=O) groups is 2. The van der Waals surface area contributed by atoms with Gasteiger partial charge in [-0.25, -0.2) is 9.48 Å². The van der Waals surface area contributed by atoms with Crippen LogP contribution in [0.3, 0.4) is 0 Å². The SMILES string of the molecule is CCOC(=O)c1cccc(-n2ncc3c(N4CC(N5CCCC5=O)C4)nc(NC4CC(C)(O)C4)nc32)c1. The minimum Gasteiger partial charge on any atom is -0.462 e. The first-order chi connectivity index (χ1) is 17.8. The van der Waals surface area contributed by atoms with Crippen molar-refractivity contribution in [2.24, 2.45) is 0 Å². The van der Waals surface area contributed by atoms with Gasteiger partial charge in [-0.1, -0.05) is 6.07 Å². The van der Waals surface area contributed by atoms with Crippen LogP contribution in [0.15, 0.2) is 30.5 Å². The van der Waals surface area contributed by atoms with Gasteiger partial charge in [0.1, 0.15) is 5.82 Å². The molecule has 2 saturated heterocycles. The molecule has 0 spiro atoms. The normalized spacial score (nSPS) is 23.8. The average molecular weight is 506 g/mol. The summed E-state index contributed by atoms with van der Waals surface area (Å²) < 4.78 is 6.86. The molecule has 11 nitrogen and oxygen atoms in total. The minimum atomic E-state index is -0.674. The molecule has 11 heteroatoms. The van der Waals surface area contributed by atoms with Crippen LogP contribution in [0.5, 0.6) is 0 Å². The molecule has 37 heavy (non-hydrogen) atoms. The number of aliphatic hydroxyl groups is 1. The number of hydrogen-bond acceptors (Lipinski definition) is 9. The van der Waals surface area contributed by atoms with Gasteiger partial charge in [-0.15, -0.1) is 0 Å². The Balaban J connectivity index is 1.34. The smallest absolute Gasteiger partial charge is 0.338 e. The highest BCUT2D eigenvalue weighted by molar-refractivity contribution is 5.92. The second-order valence-electron chi connectivity index (χ2n) is 10.4. The summed E-state index contributed by atoms with van der Waals surface area (Å²) in [6.45, 7) is 6.13. The van der Waals surface area contributed by atoms with Gasteiger partial charge in [0.15, 0.2) is 5.65 Å². The number of nitrogens with one attached hydrogen (secondary N) is 1. The standard InChI is InChI=1S/C26H31N7O4/c1-3-37-24(35)16-6-4-7-18(10-16)33-23-20(13-27-33)22(29-25(30-23)28-17-11-26(2,36)12-17)31-14-19(15-31)32-9-5-8-21(32)34/h4,6-7,10,13,17,19,36H,3,5,8-9,11-12,14-15H2,1-2H3,(H,28,29,30). The maximum Gasteiger partial charge on any atom is 0.338 e. The summed E-state index contributed by atoms with van der Waals surface area (Å²) in [4.78, 5) is 38.3. The summed E-state index contributed by atoms with van der Waals surface area (Å²) in [5, 5.41) is 18.9. The number of aromatic nitrogens is 4. The highest BCUT2D eigenvalue weighted by atomic mass is 16.5. The van der Waals surface area contributed by atoms with Gasteiger partial charge in [-0.05, 0) is 51.3 Å². The van der Waals surface area contributed by atoms with Crippen molar-refractivity contribution in [3.8, 4) is 5.69 Å². The van der Waals surface area contributed by atoms with E-state index in [1.165, 1.54) is 0 Å². The zero-order chi connectivity index (χ0) is 25.7. The molecule has 0 bridgehead atoms. The van der Waals surface area contributed by atoms with Crippen molar-refractivity contribution in [2.75, 3.05) is 36.5 Å². The van der Waals surface area contributed by atoms with Gasteiger partial charge in [0.2, 0.25) is 11.9 Å². The van der Waals surface area contributed by atoms with Crippen molar-refractivity contribution in [2.45, 2.75) is 57.2 Å². The van der Waals surface area contributed by atoms with Gasteiger partial charge in [-0.3, -0.25) is 4.79 Å². The zero-order valence-electron chi connectivity index (χ0n) is 21.1. The van der Waals surface area contributed by atoms with Crippen LogP contribution in [0.1, 0.15) is 49.9 Å². The number of likely N-dealkylation sites (tertiary alicyclic amines) is 1. The average Bonchev–Trinajstić information content (AvgIpc) is 3.44. The summed E-state index contributed by atoms with van der Waals surface area (Å²) in [5.41, 5.74) is 1.06. The Hall–Kier alpha value is -3.73. The van der Waals surface area contributed by atoms with E-state index in [-0.39, 0.29) is 18.0 Å². The van der Waals surface area contributed by atoms with Gasteiger partial charge < -0.3 is 25.0 Å². The predicted octanol–water partition coefficient (Wildman–Crippen LogP) is 2.13. The fourth-order valence-corrected chi connectivity index (χ4v) is 5.53. The van der Waals surface area contributed by atoms with E-state index in [1.807, 2.05) is 17.9 Å². The summed E-state index contributed by atoms with van der Waals surface area (Å²) in [5.74, 6) is 1.06. The number of rotatable bonds is 7. The lowest BCUT2D eigenvalue weighted by Gasteiger charge is -2.45. The van der Waals surface area contributed by atoms with E-state index in [9.17, 15) is 14.7 Å². The van der Waals surface area contributed by atoms with Crippen LogP contribution >= 0.6 is 0 Å². The third-order valence-corrected chi connectivity index (χ3v) is 7.43. The van der Waals surface area contributed by atoms with Crippen molar-refractivity contribution >= 4 is 34.7 Å². The topological polar surface area (TPSA) is 126 Å². The number of esters is 1. The van der Waals surface area contributed by atoms with Crippen molar-refractivity contribution in [3.63, 3.8) is 0 Å². The van der Waals surface area contributed by atoms with Crippen molar-refractivity contribution < 1.29 is 19.4 Å². The van der Waals surface area contributed by atoms with Crippen LogP contribution in [0.25, 0.3) is 16.7 Å². The molecule has 2 aliphatic heterocycles. The molecule has 0 radical (unpaired) electrons. The molecular formula is C26H31N7O4. The molecule has 3 aromatic rings. The first kappa shape index (κ1) is 23.7. The third kappa shape index (κ3) is 4.37. The van der Waals surface area contributed by atoms with Gasteiger partial charge in [0, 0.05) is 32.1 Å². The van der Waals surface area contributed by atoms with Crippen LogP contribution in [0.4, 0.5) is 11.8 Å². The number of nitrogens with zero attached hydrogens (tertiary/aromatic N) is 6. The lowest BCUT2D eigenvalue weighted by atomic mass is 9.77. The monoisotopic (exact) mass is 505 g/mol. The molecule has 194 valence electrons. The number of anilines is 2. The highest BCUT2D eigenvalue weighted by Crippen LogP contribution is 2.36. The Kier molecular flexibility index (Phi) is 5.74. The number of ether oxygens (including phenoxy) is 1. The van der Waals surface area contributed by atoms with Crippen molar-refractivity contribution in [1.82, 2.24) is 24.6 Å². The van der Waals surface area contributed by atoms with Crippen molar-refractivity contribution in [1.29, 1.82) is 0 Å². The molecule has 1 aliphatic carbocycles.